The molecule has 0 heterocycles. The monoisotopic (exact) mass is 292 g/mol. The van der Waals surface area contributed by atoms with Gasteiger partial charge in [-0.1, -0.05) is 0 Å². The zero-order valence-electron chi connectivity index (χ0n) is 9.92. The molecular formula is C12H14Cl2O2S. The van der Waals surface area contributed by atoms with E-state index in [2.05, 4.69) is 0 Å². The maximum absolute atomic E-state index is 10.8. The molecule has 0 aliphatic rings. The fourth-order valence-corrected chi connectivity index (χ4v) is 2.64. The second kappa shape index (κ2) is 5.98. The number of ether oxygens (including phenoxy) is 1. The molecule has 0 aliphatic heterocycles. The van der Waals surface area contributed by atoms with Gasteiger partial charge < -0.3 is 4.74 Å². The average molecular weight is 293 g/mol. The van der Waals surface area contributed by atoms with E-state index in [1.807, 2.05) is 32.0 Å². The van der Waals surface area contributed by atoms with Crippen LogP contribution in [-0.2, 0) is 9.67 Å². The number of thioether (sulfide) groups is 1. The van der Waals surface area contributed by atoms with E-state index in [0.29, 0.717) is 0 Å². The molecule has 0 fully saturated rings. The Kier molecular flexibility index (Phi) is 5.17. The Morgan fingerprint density at radius 1 is 1.47 bits per heavy atom. The largest absolute Gasteiger partial charge is 0.497 e. The van der Waals surface area contributed by atoms with E-state index in [-0.39, 0.29) is 11.0 Å². The molecular weight excluding hydrogens is 279 g/mol. The summed E-state index contributed by atoms with van der Waals surface area (Å²) in [6.07, 6.45) is 0. The molecule has 0 aromatic heterocycles. The number of rotatable bonds is 5. The number of carbonyl (C=O) groups excluding carboxylic acids is 1. The molecule has 1 aromatic carbocycles. The van der Waals surface area contributed by atoms with Crippen LogP contribution >= 0.6 is 35.0 Å². The first-order valence-electron chi connectivity index (χ1n) is 5.03. The lowest BCUT2D eigenvalue weighted by Gasteiger charge is -2.20. The first-order chi connectivity index (χ1) is 7.84. The Hall–Kier alpha value is -0.380. The van der Waals surface area contributed by atoms with Gasteiger partial charge in [0.05, 0.1) is 17.7 Å². The number of halogens is 2. The molecule has 2 nitrogen and oxygen atoms in total. The van der Waals surface area contributed by atoms with E-state index in [9.17, 15) is 4.79 Å². The van der Waals surface area contributed by atoms with Crippen molar-refractivity contribution in [2.75, 3.05) is 12.9 Å². The number of alkyl halides is 1. The van der Waals surface area contributed by atoms with Crippen molar-refractivity contribution >= 4 is 40.2 Å². The van der Waals surface area contributed by atoms with Crippen LogP contribution < -0.4 is 4.74 Å². The van der Waals surface area contributed by atoms with Gasteiger partial charge in [-0.2, -0.15) is 0 Å². The van der Waals surface area contributed by atoms with Crippen LogP contribution in [-0.4, -0.2) is 18.1 Å². The number of carbonyl (C=O) groups is 1. The molecule has 0 unspecified atom stereocenters. The normalized spacial score (nSPS) is 11.4. The van der Waals surface area contributed by atoms with Crippen LogP contribution in [0.1, 0.15) is 19.4 Å². The predicted octanol–water partition coefficient (Wildman–Crippen LogP) is 4.03. The van der Waals surface area contributed by atoms with Gasteiger partial charge in [0.15, 0.2) is 0 Å². The molecule has 1 aromatic rings. The Bertz CT molecular complexity index is 413. The van der Waals surface area contributed by atoms with Crippen molar-refractivity contribution in [2.24, 2.45) is 0 Å². The van der Waals surface area contributed by atoms with Crippen LogP contribution in [0.15, 0.2) is 23.1 Å². The summed E-state index contributed by atoms with van der Waals surface area (Å²) < 4.78 is 5.17. The quantitative estimate of drug-likeness (QED) is 0.466. The van der Waals surface area contributed by atoms with Crippen molar-refractivity contribution in [2.45, 2.75) is 23.6 Å². The summed E-state index contributed by atoms with van der Waals surface area (Å²) in [5.41, 5.74) is 0.932. The van der Waals surface area contributed by atoms with Crippen LogP contribution in [0.2, 0.25) is 0 Å². The Morgan fingerprint density at radius 3 is 2.59 bits per heavy atom. The minimum atomic E-state index is -0.522. The summed E-state index contributed by atoms with van der Waals surface area (Å²) in [6, 6.07) is 5.62. The van der Waals surface area contributed by atoms with Gasteiger partial charge in [0.1, 0.15) is 5.75 Å². The summed E-state index contributed by atoms with van der Waals surface area (Å²) in [5.74, 6) is 0.976. The SMILES string of the molecule is COc1ccc(SCC(=O)Cl)c(C(C)(C)Cl)c1. The molecule has 0 bridgehead atoms. The molecule has 5 heteroatoms. The van der Waals surface area contributed by atoms with Gasteiger partial charge in [-0.25, -0.2) is 0 Å². The first kappa shape index (κ1) is 14.7. The third-order valence-corrected chi connectivity index (χ3v) is 3.74. The third kappa shape index (κ3) is 4.41. The molecule has 94 valence electrons. The van der Waals surface area contributed by atoms with Crippen molar-refractivity contribution in [3.63, 3.8) is 0 Å². The summed E-state index contributed by atoms with van der Waals surface area (Å²) in [5, 5.41) is -0.371. The Morgan fingerprint density at radius 2 is 2.12 bits per heavy atom. The van der Waals surface area contributed by atoms with E-state index in [4.69, 9.17) is 27.9 Å². The topological polar surface area (TPSA) is 26.3 Å². The molecule has 17 heavy (non-hydrogen) atoms. The van der Waals surface area contributed by atoms with E-state index >= 15 is 0 Å². The number of hydrogen-bond donors (Lipinski definition) is 0. The van der Waals surface area contributed by atoms with Gasteiger partial charge in [0, 0.05) is 4.90 Å². The lowest BCUT2D eigenvalue weighted by molar-refractivity contribution is -0.109. The molecule has 1 rings (SSSR count). The highest BCUT2D eigenvalue weighted by molar-refractivity contribution is 8.00. The van der Waals surface area contributed by atoms with Crippen molar-refractivity contribution in [1.82, 2.24) is 0 Å². The summed E-state index contributed by atoms with van der Waals surface area (Å²) in [7, 11) is 1.61. The average Bonchev–Trinajstić information content (AvgIpc) is 2.24. The fraction of sp³-hybridized carbons (Fsp3) is 0.417. The van der Waals surface area contributed by atoms with Gasteiger partial charge in [-0.3, -0.25) is 4.79 Å². The molecule has 0 saturated heterocycles. The van der Waals surface area contributed by atoms with Gasteiger partial charge in [0.25, 0.3) is 0 Å². The summed E-state index contributed by atoms with van der Waals surface area (Å²) >= 11 is 13.0. The number of methoxy groups -OCH3 is 1. The summed E-state index contributed by atoms with van der Waals surface area (Å²) in [6.45, 7) is 3.80. The van der Waals surface area contributed by atoms with Gasteiger partial charge in [0.2, 0.25) is 5.24 Å². The molecule has 0 aliphatic carbocycles. The van der Waals surface area contributed by atoms with Crippen LogP contribution in [0, 0.1) is 0 Å². The highest BCUT2D eigenvalue weighted by Crippen LogP contribution is 2.37. The van der Waals surface area contributed by atoms with Gasteiger partial charge in [-0.15, -0.1) is 23.4 Å². The van der Waals surface area contributed by atoms with E-state index in [0.717, 1.165) is 16.2 Å². The molecule has 0 spiro atoms. The Balaban J connectivity index is 3.07. The molecule has 0 saturated carbocycles. The predicted molar refractivity (Wildman–Crippen MR) is 73.5 cm³/mol. The van der Waals surface area contributed by atoms with Crippen LogP contribution in [0.25, 0.3) is 0 Å². The van der Waals surface area contributed by atoms with Crippen molar-refractivity contribution in [1.29, 1.82) is 0 Å². The highest BCUT2D eigenvalue weighted by Gasteiger charge is 2.21. The number of hydrogen-bond acceptors (Lipinski definition) is 3. The lowest BCUT2D eigenvalue weighted by Crippen LogP contribution is -2.10. The first-order valence-corrected chi connectivity index (χ1v) is 6.77. The van der Waals surface area contributed by atoms with Crippen LogP contribution in [0.4, 0.5) is 0 Å². The van der Waals surface area contributed by atoms with Gasteiger partial charge in [-0.05, 0) is 49.2 Å². The minimum Gasteiger partial charge on any atom is -0.497 e. The summed E-state index contributed by atoms with van der Waals surface area (Å²) in [4.78, 5) is 11.2. The maximum atomic E-state index is 10.8. The van der Waals surface area contributed by atoms with Crippen molar-refractivity contribution < 1.29 is 9.53 Å². The van der Waals surface area contributed by atoms with E-state index < -0.39 is 4.87 Å². The van der Waals surface area contributed by atoms with Gasteiger partial charge >= 0.3 is 0 Å². The standard InChI is InChI=1S/C12H14Cl2O2S/c1-12(2,14)9-6-8(16-3)4-5-10(9)17-7-11(13)15/h4-6H,7H2,1-3H3. The molecule has 0 atom stereocenters. The number of benzene rings is 1. The fourth-order valence-electron chi connectivity index (χ4n) is 1.36. The maximum Gasteiger partial charge on any atom is 0.231 e. The molecule has 0 amide bonds. The minimum absolute atomic E-state index is 0.230. The van der Waals surface area contributed by atoms with E-state index in [1.54, 1.807) is 7.11 Å². The third-order valence-electron chi connectivity index (χ3n) is 2.17. The van der Waals surface area contributed by atoms with Crippen molar-refractivity contribution in [3.8, 4) is 5.75 Å². The van der Waals surface area contributed by atoms with Crippen LogP contribution in [0.3, 0.4) is 0 Å². The lowest BCUT2D eigenvalue weighted by atomic mass is 10.0. The smallest absolute Gasteiger partial charge is 0.231 e. The van der Waals surface area contributed by atoms with Crippen LogP contribution in [0.5, 0.6) is 5.75 Å². The molecule has 0 N–H and O–H groups in total. The molecule has 0 radical (unpaired) electrons. The van der Waals surface area contributed by atoms with E-state index in [1.165, 1.54) is 11.8 Å². The zero-order chi connectivity index (χ0) is 13.1. The Labute approximate surface area is 116 Å². The second-order valence-electron chi connectivity index (χ2n) is 3.98. The van der Waals surface area contributed by atoms with Crippen molar-refractivity contribution in [3.05, 3.63) is 23.8 Å². The zero-order valence-corrected chi connectivity index (χ0v) is 12.2. The second-order valence-corrected chi connectivity index (χ2v) is 6.36. The highest BCUT2D eigenvalue weighted by atomic mass is 35.5.